The molecule has 7 heteroatoms. The van der Waals surface area contributed by atoms with Crippen LogP contribution in [0.4, 0.5) is 5.13 Å². The number of hydrogen-bond donors (Lipinski definition) is 1. The summed E-state index contributed by atoms with van der Waals surface area (Å²) in [5, 5.41) is 12.8. The molecule has 0 aliphatic carbocycles. The lowest BCUT2D eigenvalue weighted by Gasteiger charge is -2.35. The normalized spacial score (nSPS) is 16.8. The fraction of sp³-hybridized carbons (Fsp3) is 0.500. The molecule has 25 heavy (non-hydrogen) atoms. The molecule has 2 aromatic rings. The predicted octanol–water partition coefficient (Wildman–Crippen LogP) is 4.19. The van der Waals surface area contributed by atoms with Gasteiger partial charge in [0.1, 0.15) is 5.01 Å². The SMILES string of the molecule is CC(C)Cc1nnc(NC(=O)C2(c3ccc(Br)cc3)CCOCC2)s1. The topological polar surface area (TPSA) is 64.1 Å². The van der Waals surface area contributed by atoms with Gasteiger partial charge in [-0.1, -0.05) is 53.2 Å². The Morgan fingerprint density at radius 1 is 1.28 bits per heavy atom. The van der Waals surface area contributed by atoms with Gasteiger partial charge in [0.2, 0.25) is 11.0 Å². The maximum atomic E-state index is 13.2. The molecule has 0 bridgehead atoms. The van der Waals surface area contributed by atoms with Crippen LogP contribution < -0.4 is 5.32 Å². The smallest absolute Gasteiger partial charge is 0.237 e. The van der Waals surface area contributed by atoms with E-state index in [-0.39, 0.29) is 5.91 Å². The largest absolute Gasteiger partial charge is 0.381 e. The van der Waals surface area contributed by atoms with Crippen LogP contribution in [0.1, 0.15) is 37.3 Å². The fourth-order valence-corrected chi connectivity index (χ4v) is 4.30. The molecule has 1 aromatic heterocycles. The van der Waals surface area contributed by atoms with Gasteiger partial charge >= 0.3 is 0 Å². The third kappa shape index (κ3) is 4.27. The second-order valence-electron chi connectivity index (χ2n) is 6.75. The number of aromatic nitrogens is 2. The first-order valence-electron chi connectivity index (χ1n) is 8.47. The van der Waals surface area contributed by atoms with E-state index in [1.807, 2.05) is 24.3 Å². The summed E-state index contributed by atoms with van der Waals surface area (Å²) in [6, 6.07) is 7.98. The summed E-state index contributed by atoms with van der Waals surface area (Å²) in [6.45, 7) is 5.45. The van der Waals surface area contributed by atoms with E-state index in [4.69, 9.17) is 4.74 Å². The van der Waals surface area contributed by atoms with Gasteiger partial charge < -0.3 is 4.74 Å². The molecule has 0 atom stereocenters. The number of halogens is 1. The minimum absolute atomic E-state index is 0.0228. The van der Waals surface area contributed by atoms with Crippen LogP contribution in [0.25, 0.3) is 0 Å². The summed E-state index contributed by atoms with van der Waals surface area (Å²) < 4.78 is 6.50. The molecular weight excluding hydrogens is 402 g/mol. The third-order valence-electron chi connectivity index (χ3n) is 4.45. The Hall–Kier alpha value is -1.31. The fourth-order valence-electron chi connectivity index (χ4n) is 3.09. The zero-order chi connectivity index (χ0) is 17.9. The molecule has 1 N–H and O–H groups in total. The van der Waals surface area contributed by atoms with Gasteiger partial charge in [0.05, 0.1) is 5.41 Å². The molecule has 1 aromatic carbocycles. The van der Waals surface area contributed by atoms with Crippen LogP contribution in [-0.2, 0) is 21.4 Å². The van der Waals surface area contributed by atoms with E-state index in [1.165, 1.54) is 11.3 Å². The van der Waals surface area contributed by atoms with Crippen molar-refractivity contribution >= 4 is 38.3 Å². The first-order valence-corrected chi connectivity index (χ1v) is 10.1. The molecule has 5 nitrogen and oxygen atoms in total. The lowest BCUT2D eigenvalue weighted by Crippen LogP contribution is -2.44. The first-order chi connectivity index (χ1) is 12.0. The van der Waals surface area contributed by atoms with Crippen molar-refractivity contribution in [1.82, 2.24) is 10.2 Å². The van der Waals surface area contributed by atoms with Crippen LogP contribution in [0.2, 0.25) is 0 Å². The molecule has 0 spiro atoms. The van der Waals surface area contributed by atoms with E-state index in [0.29, 0.717) is 37.1 Å². The predicted molar refractivity (Wildman–Crippen MR) is 103 cm³/mol. The average molecular weight is 424 g/mol. The van der Waals surface area contributed by atoms with Crippen LogP contribution in [0, 0.1) is 5.92 Å². The zero-order valence-corrected chi connectivity index (χ0v) is 16.8. The number of nitrogens with one attached hydrogen (secondary N) is 1. The molecule has 2 heterocycles. The van der Waals surface area contributed by atoms with Crippen LogP contribution >= 0.6 is 27.3 Å². The Bertz CT molecular complexity index is 724. The minimum atomic E-state index is -0.581. The van der Waals surface area contributed by atoms with Gasteiger partial charge in [-0.15, -0.1) is 10.2 Å². The number of carbonyl (C=O) groups is 1. The summed E-state index contributed by atoms with van der Waals surface area (Å²) in [5.74, 6) is 0.492. The van der Waals surface area contributed by atoms with Crippen LogP contribution in [0.15, 0.2) is 28.7 Å². The molecule has 1 saturated heterocycles. The van der Waals surface area contributed by atoms with Crippen LogP contribution in [0.3, 0.4) is 0 Å². The third-order valence-corrected chi connectivity index (χ3v) is 5.84. The van der Waals surface area contributed by atoms with Crippen molar-refractivity contribution in [2.75, 3.05) is 18.5 Å². The molecule has 0 unspecified atom stereocenters. The molecule has 1 aliphatic heterocycles. The molecule has 1 amide bonds. The van der Waals surface area contributed by atoms with Crippen molar-refractivity contribution < 1.29 is 9.53 Å². The molecule has 0 saturated carbocycles. The van der Waals surface area contributed by atoms with E-state index in [0.717, 1.165) is 21.5 Å². The average Bonchev–Trinajstić information content (AvgIpc) is 3.02. The second-order valence-corrected chi connectivity index (χ2v) is 8.73. The summed E-state index contributed by atoms with van der Waals surface area (Å²) in [4.78, 5) is 13.2. The van der Waals surface area contributed by atoms with Gasteiger partial charge in [-0.25, -0.2) is 0 Å². The van der Waals surface area contributed by atoms with E-state index >= 15 is 0 Å². The highest BCUT2D eigenvalue weighted by Crippen LogP contribution is 2.37. The molecule has 3 rings (SSSR count). The van der Waals surface area contributed by atoms with Gasteiger partial charge in [0.15, 0.2) is 0 Å². The highest BCUT2D eigenvalue weighted by molar-refractivity contribution is 9.10. The summed E-state index contributed by atoms with van der Waals surface area (Å²) in [5.41, 5.74) is 0.437. The van der Waals surface area contributed by atoms with Crippen molar-refractivity contribution in [2.24, 2.45) is 5.92 Å². The van der Waals surface area contributed by atoms with Crippen molar-refractivity contribution in [3.8, 4) is 0 Å². The maximum absolute atomic E-state index is 13.2. The van der Waals surface area contributed by atoms with Gasteiger partial charge in [0, 0.05) is 24.1 Å². The van der Waals surface area contributed by atoms with E-state index in [2.05, 4.69) is 45.3 Å². The van der Waals surface area contributed by atoms with Crippen molar-refractivity contribution in [3.63, 3.8) is 0 Å². The maximum Gasteiger partial charge on any atom is 0.237 e. The van der Waals surface area contributed by atoms with Crippen LogP contribution in [0.5, 0.6) is 0 Å². The molecular formula is C18H22BrN3O2S. The Morgan fingerprint density at radius 2 is 1.96 bits per heavy atom. The standard InChI is InChI=1S/C18H22BrN3O2S/c1-12(2)11-15-21-22-17(25-15)20-16(23)18(7-9-24-10-8-18)13-3-5-14(19)6-4-13/h3-6,12H,7-11H2,1-2H3,(H,20,22,23). The van der Waals surface area contributed by atoms with E-state index in [9.17, 15) is 4.79 Å². The van der Waals surface area contributed by atoms with Crippen molar-refractivity contribution in [3.05, 3.63) is 39.3 Å². The highest BCUT2D eigenvalue weighted by Gasteiger charge is 2.42. The lowest BCUT2D eigenvalue weighted by atomic mass is 9.73. The molecule has 134 valence electrons. The number of ether oxygens (including phenoxy) is 1. The monoisotopic (exact) mass is 423 g/mol. The lowest BCUT2D eigenvalue weighted by molar-refractivity contribution is -0.125. The Labute approximate surface area is 160 Å². The zero-order valence-electron chi connectivity index (χ0n) is 14.4. The number of anilines is 1. The first kappa shape index (κ1) is 18.5. The summed E-state index contributed by atoms with van der Waals surface area (Å²) in [7, 11) is 0. The quantitative estimate of drug-likeness (QED) is 0.782. The number of hydrogen-bond acceptors (Lipinski definition) is 5. The molecule has 1 aliphatic rings. The van der Waals surface area contributed by atoms with E-state index < -0.39 is 5.41 Å². The number of benzene rings is 1. The van der Waals surface area contributed by atoms with Crippen LogP contribution in [-0.4, -0.2) is 29.3 Å². The Balaban J connectivity index is 1.82. The molecule has 1 fully saturated rings. The highest BCUT2D eigenvalue weighted by atomic mass is 79.9. The number of amides is 1. The van der Waals surface area contributed by atoms with Crippen molar-refractivity contribution in [1.29, 1.82) is 0 Å². The van der Waals surface area contributed by atoms with Gasteiger partial charge in [-0.3, -0.25) is 10.1 Å². The summed E-state index contributed by atoms with van der Waals surface area (Å²) >= 11 is 4.92. The Kier molecular flexibility index (Phi) is 5.86. The van der Waals surface area contributed by atoms with Gasteiger partial charge in [0.25, 0.3) is 0 Å². The van der Waals surface area contributed by atoms with E-state index in [1.54, 1.807) is 0 Å². The number of nitrogens with zero attached hydrogens (tertiary/aromatic N) is 2. The summed E-state index contributed by atoms with van der Waals surface area (Å²) in [6.07, 6.45) is 2.20. The van der Waals surface area contributed by atoms with Crippen molar-refractivity contribution in [2.45, 2.75) is 38.5 Å². The number of carbonyl (C=O) groups excluding carboxylic acids is 1. The minimum Gasteiger partial charge on any atom is -0.381 e. The number of rotatable bonds is 5. The Morgan fingerprint density at radius 3 is 2.60 bits per heavy atom. The van der Waals surface area contributed by atoms with Gasteiger partial charge in [-0.2, -0.15) is 0 Å². The second kappa shape index (κ2) is 7.93. The molecule has 0 radical (unpaired) electrons. The van der Waals surface area contributed by atoms with Gasteiger partial charge in [-0.05, 0) is 36.5 Å².